The Hall–Kier alpha value is -0.760. The van der Waals surface area contributed by atoms with E-state index in [-0.39, 0.29) is 5.41 Å². The molecule has 0 atom stereocenters. The lowest BCUT2D eigenvalue weighted by atomic mass is 9.91. The molecule has 0 spiro atoms. The summed E-state index contributed by atoms with van der Waals surface area (Å²) in [6.45, 7) is 6.44. The minimum atomic E-state index is 0.0514. The Morgan fingerprint density at radius 1 is 1.38 bits per heavy atom. The molecule has 0 aliphatic heterocycles. The van der Waals surface area contributed by atoms with E-state index in [9.17, 15) is 0 Å². The topological polar surface area (TPSA) is 23.9 Å². The van der Waals surface area contributed by atoms with Crippen LogP contribution in [0, 0.1) is 10.8 Å². The zero-order chi connectivity index (χ0) is 9.90. The highest BCUT2D eigenvalue weighted by atomic mass is 32.2. The van der Waals surface area contributed by atoms with E-state index in [1.807, 2.05) is 0 Å². The first-order chi connectivity index (χ1) is 6.08. The van der Waals surface area contributed by atoms with E-state index in [0.29, 0.717) is 0 Å². The number of hydrogen-bond acceptors (Lipinski definition) is 2. The third-order valence-electron chi connectivity index (χ3n) is 2.09. The van der Waals surface area contributed by atoms with Gasteiger partial charge in [0.05, 0.1) is 5.55 Å². The third-order valence-corrected chi connectivity index (χ3v) is 3.29. The maximum atomic E-state index is 7.13. The van der Waals surface area contributed by atoms with Gasteiger partial charge in [0.2, 0.25) is 0 Å². The summed E-state index contributed by atoms with van der Waals surface area (Å²) >= 11 is 1.50. The lowest BCUT2D eigenvalue weighted by molar-refractivity contribution is 0.611. The lowest BCUT2D eigenvalue weighted by Gasteiger charge is -2.23. The fourth-order valence-electron chi connectivity index (χ4n) is 1.46. The van der Waals surface area contributed by atoms with Gasteiger partial charge in [-0.25, -0.2) is 0 Å². The van der Waals surface area contributed by atoms with Crippen molar-refractivity contribution in [2.75, 3.05) is 0 Å². The summed E-state index contributed by atoms with van der Waals surface area (Å²) in [6, 6.07) is 0. The molecule has 0 amide bonds. The average molecular weight is 193 g/mol. The van der Waals surface area contributed by atoms with Crippen LogP contribution >= 0.6 is 11.8 Å². The fourth-order valence-corrected chi connectivity index (χ4v) is 2.20. The van der Waals surface area contributed by atoms with Crippen LogP contribution in [0.1, 0.15) is 20.8 Å². The summed E-state index contributed by atoms with van der Waals surface area (Å²) in [5.74, 6) is 0. The van der Waals surface area contributed by atoms with Crippen LogP contribution in [0.2, 0.25) is 0 Å². The summed E-state index contributed by atoms with van der Waals surface area (Å²) in [4.78, 5) is 1.26. The first-order valence-electron chi connectivity index (χ1n) is 4.31. The van der Waals surface area contributed by atoms with Crippen molar-refractivity contribution in [3.63, 3.8) is 0 Å². The van der Waals surface area contributed by atoms with E-state index in [1.54, 1.807) is 0 Å². The van der Waals surface area contributed by atoms with Gasteiger partial charge < -0.3 is 5.41 Å². The molecule has 0 bridgehead atoms. The van der Waals surface area contributed by atoms with Gasteiger partial charge >= 0.3 is 0 Å². The number of thioether (sulfide) groups is 1. The van der Waals surface area contributed by atoms with Crippen molar-refractivity contribution >= 4 is 17.3 Å². The summed E-state index contributed by atoms with van der Waals surface area (Å²) in [5, 5.41) is 7.13. The van der Waals surface area contributed by atoms with Crippen LogP contribution in [0.15, 0.2) is 34.8 Å². The molecule has 0 heterocycles. The second-order valence-electron chi connectivity index (χ2n) is 3.69. The van der Waals surface area contributed by atoms with E-state index in [0.717, 1.165) is 0 Å². The van der Waals surface area contributed by atoms with Crippen molar-refractivity contribution in [1.82, 2.24) is 0 Å². The van der Waals surface area contributed by atoms with Gasteiger partial charge in [-0.1, -0.05) is 49.9 Å². The molecule has 0 unspecified atom stereocenters. The van der Waals surface area contributed by atoms with Crippen molar-refractivity contribution in [3.05, 3.63) is 34.8 Å². The second kappa shape index (κ2) is 3.97. The minimum Gasteiger partial charge on any atom is -0.302 e. The van der Waals surface area contributed by atoms with Gasteiger partial charge in [0.1, 0.15) is 0 Å². The predicted molar refractivity (Wildman–Crippen MR) is 61.1 cm³/mol. The Morgan fingerprint density at radius 3 is 2.69 bits per heavy atom. The van der Waals surface area contributed by atoms with Gasteiger partial charge in [0, 0.05) is 10.3 Å². The molecule has 0 fully saturated rings. The minimum absolute atomic E-state index is 0.0514. The van der Waals surface area contributed by atoms with Crippen LogP contribution in [0.4, 0.5) is 0 Å². The van der Waals surface area contributed by atoms with E-state index in [2.05, 4.69) is 45.1 Å². The molecule has 13 heavy (non-hydrogen) atoms. The molecule has 0 aromatic carbocycles. The zero-order valence-corrected chi connectivity index (χ0v) is 9.11. The third kappa shape index (κ3) is 2.34. The van der Waals surface area contributed by atoms with Crippen molar-refractivity contribution in [2.24, 2.45) is 5.41 Å². The number of allylic oxidation sites excluding steroid dienone is 6. The normalized spacial score (nSPS) is 20.2. The Labute approximate surface area is 84.1 Å². The second-order valence-corrected chi connectivity index (χ2v) is 4.57. The molecule has 0 aromatic heterocycles. The molecule has 1 nitrogen and oxygen atoms in total. The molecule has 1 aliphatic carbocycles. The van der Waals surface area contributed by atoms with Crippen LogP contribution in [0.25, 0.3) is 0 Å². The molecular formula is C11H15NS. The van der Waals surface area contributed by atoms with E-state index < -0.39 is 0 Å². The van der Waals surface area contributed by atoms with E-state index in [1.165, 1.54) is 27.8 Å². The smallest absolute Gasteiger partial charge is 0.0551 e. The van der Waals surface area contributed by atoms with Crippen LogP contribution < -0.4 is 0 Å². The van der Waals surface area contributed by atoms with Crippen molar-refractivity contribution in [2.45, 2.75) is 20.8 Å². The van der Waals surface area contributed by atoms with Gasteiger partial charge in [0.15, 0.2) is 0 Å². The lowest BCUT2D eigenvalue weighted by Crippen LogP contribution is -2.09. The van der Waals surface area contributed by atoms with Crippen LogP contribution in [-0.4, -0.2) is 5.55 Å². The highest BCUT2D eigenvalue weighted by Crippen LogP contribution is 2.39. The summed E-state index contributed by atoms with van der Waals surface area (Å²) in [6.07, 6.45) is 8.39. The van der Waals surface area contributed by atoms with Crippen LogP contribution in [-0.2, 0) is 0 Å². The molecule has 0 saturated carbocycles. The summed E-state index contributed by atoms with van der Waals surface area (Å²) in [5.41, 5.74) is 2.70. The Balaban J connectivity index is 3.12. The average Bonchev–Trinajstić information content (AvgIpc) is 2.17. The van der Waals surface area contributed by atoms with E-state index in [4.69, 9.17) is 5.41 Å². The molecule has 0 aromatic rings. The Kier molecular flexibility index (Phi) is 3.15. The number of hydrogen-bond donors (Lipinski definition) is 1. The summed E-state index contributed by atoms with van der Waals surface area (Å²) in [7, 11) is 0. The van der Waals surface area contributed by atoms with Crippen LogP contribution in [0.5, 0.6) is 0 Å². The maximum absolute atomic E-state index is 7.13. The zero-order valence-electron chi connectivity index (χ0n) is 8.29. The fraction of sp³-hybridized carbons (Fsp3) is 0.364. The monoisotopic (exact) mass is 193 g/mol. The molecule has 1 rings (SSSR count). The highest BCUT2D eigenvalue weighted by Gasteiger charge is 2.22. The molecule has 2 heteroatoms. The van der Waals surface area contributed by atoms with Crippen molar-refractivity contribution < 1.29 is 0 Å². The van der Waals surface area contributed by atoms with E-state index >= 15 is 0 Å². The van der Waals surface area contributed by atoms with Gasteiger partial charge in [-0.3, -0.25) is 0 Å². The van der Waals surface area contributed by atoms with Gasteiger partial charge in [-0.2, -0.15) is 0 Å². The molecule has 0 radical (unpaired) electrons. The first kappa shape index (κ1) is 10.3. The predicted octanol–water partition coefficient (Wildman–Crippen LogP) is 3.75. The molecule has 1 N–H and O–H groups in total. The largest absolute Gasteiger partial charge is 0.302 e. The SMILES string of the molecule is CC1=C(SC=N)C(C)(C)C=CC=C1. The van der Waals surface area contributed by atoms with Gasteiger partial charge in [0.25, 0.3) is 0 Å². The molecular weight excluding hydrogens is 178 g/mol. The Morgan fingerprint density at radius 2 is 2.08 bits per heavy atom. The van der Waals surface area contributed by atoms with Crippen molar-refractivity contribution in [1.29, 1.82) is 5.41 Å². The molecule has 1 aliphatic rings. The molecule has 70 valence electrons. The summed E-state index contributed by atoms with van der Waals surface area (Å²) < 4.78 is 0. The van der Waals surface area contributed by atoms with Crippen molar-refractivity contribution in [3.8, 4) is 0 Å². The number of nitrogens with one attached hydrogen (secondary N) is 1. The standard InChI is InChI=1S/C11H15NS/c1-9-6-4-5-7-11(2,3)10(9)13-8-12/h4-8,12H,1-3H3. The Bertz CT molecular complexity index is 295. The quantitative estimate of drug-likeness (QED) is 0.524. The maximum Gasteiger partial charge on any atom is 0.0551 e. The van der Waals surface area contributed by atoms with Crippen LogP contribution in [0.3, 0.4) is 0 Å². The number of rotatable bonds is 2. The molecule has 0 saturated heterocycles. The first-order valence-corrected chi connectivity index (χ1v) is 5.19. The highest BCUT2D eigenvalue weighted by molar-refractivity contribution is 8.15. The van der Waals surface area contributed by atoms with Gasteiger partial charge in [-0.05, 0) is 12.5 Å². The van der Waals surface area contributed by atoms with Gasteiger partial charge in [-0.15, -0.1) is 0 Å².